The highest BCUT2D eigenvalue weighted by atomic mass is 19.3. The second-order valence-electron chi connectivity index (χ2n) is 4.42. The summed E-state index contributed by atoms with van der Waals surface area (Å²) in [7, 11) is 0. The summed E-state index contributed by atoms with van der Waals surface area (Å²) < 4.78 is 60.1. The maximum atomic E-state index is 13.7. The molecule has 2 aromatic rings. The molecule has 0 amide bonds. The second kappa shape index (κ2) is 6.73. The van der Waals surface area contributed by atoms with Crippen LogP contribution in [0.25, 0.3) is 0 Å². The van der Waals surface area contributed by atoms with E-state index in [0.717, 1.165) is 18.2 Å². The zero-order valence-electron chi connectivity index (χ0n) is 11.3. The van der Waals surface area contributed by atoms with Crippen molar-refractivity contribution in [3.63, 3.8) is 0 Å². The largest absolute Gasteiger partial charge is 0.454 e. The molecule has 0 aliphatic rings. The van der Waals surface area contributed by atoms with Gasteiger partial charge in [-0.1, -0.05) is 0 Å². The highest BCUT2D eigenvalue weighted by Gasteiger charge is 2.23. The number of rotatable bonds is 6. The van der Waals surface area contributed by atoms with Crippen LogP contribution in [-0.2, 0) is 6.42 Å². The van der Waals surface area contributed by atoms with E-state index in [1.807, 2.05) is 0 Å². The molecule has 0 fully saturated rings. The van der Waals surface area contributed by atoms with Crippen LogP contribution in [0.2, 0.25) is 0 Å². The van der Waals surface area contributed by atoms with Crippen molar-refractivity contribution in [2.75, 3.05) is 0 Å². The van der Waals surface area contributed by atoms with Crippen LogP contribution >= 0.6 is 0 Å². The summed E-state index contributed by atoms with van der Waals surface area (Å²) in [5, 5.41) is 17.2. The number of aliphatic hydroxyl groups is 1. The Morgan fingerprint density at radius 3 is 2.59 bits per heavy atom. The van der Waals surface area contributed by atoms with Crippen molar-refractivity contribution in [2.24, 2.45) is 0 Å². The molecule has 1 aromatic heterocycles. The van der Waals surface area contributed by atoms with E-state index in [4.69, 9.17) is 4.42 Å². The van der Waals surface area contributed by atoms with Crippen LogP contribution in [0.15, 0.2) is 22.6 Å². The summed E-state index contributed by atoms with van der Waals surface area (Å²) in [4.78, 5) is 0. The monoisotopic (exact) mass is 320 g/mol. The van der Waals surface area contributed by atoms with Crippen molar-refractivity contribution in [2.45, 2.75) is 32.2 Å². The molecule has 2 rings (SSSR count). The Morgan fingerprint density at radius 2 is 2.00 bits per heavy atom. The van der Waals surface area contributed by atoms with E-state index < -0.39 is 24.7 Å². The standard InChI is InChI=1S/C13H12F4N2O3/c1-6-18-19-11(21-6)5-10(20)8-4-7(2-3-9(8)14)22-13(17)12(15)16/h2-4,10,12-13,20H,5H2,1H3. The van der Waals surface area contributed by atoms with Crippen LogP contribution in [-0.4, -0.2) is 28.1 Å². The van der Waals surface area contributed by atoms with Gasteiger partial charge in [-0.05, 0) is 18.2 Å². The molecular weight excluding hydrogens is 308 g/mol. The first-order valence-electron chi connectivity index (χ1n) is 6.22. The van der Waals surface area contributed by atoms with E-state index >= 15 is 0 Å². The van der Waals surface area contributed by atoms with Gasteiger partial charge in [0.2, 0.25) is 11.8 Å². The van der Waals surface area contributed by atoms with Crippen LogP contribution in [0.4, 0.5) is 17.6 Å². The minimum Gasteiger partial charge on any atom is -0.454 e. The molecule has 0 radical (unpaired) electrons. The normalized spacial score (nSPS) is 14.1. The predicted octanol–water partition coefficient (Wildman–Crippen LogP) is 2.73. The minimum atomic E-state index is -3.33. The summed E-state index contributed by atoms with van der Waals surface area (Å²) in [6.07, 6.45) is -7.74. The summed E-state index contributed by atoms with van der Waals surface area (Å²) in [6, 6.07) is 2.81. The van der Waals surface area contributed by atoms with Crippen molar-refractivity contribution in [1.82, 2.24) is 10.2 Å². The van der Waals surface area contributed by atoms with Gasteiger partial charge in [-0.25, -0.2) is 13.2 Å². The highest BCUT2D eigenvalue weighted by molar-refractivity contribution is 5.31. The molecule has 0 spiro atoms. The van der Waals surface area contributed by atoms with Crippen LogP contribution < -0.4 is 4.74 Å². The third-order valence-corrected chi connectivity index (χ3v) is 2.71. The Kier molecular flexibility index (Phi) is 4.96. The minimum absolute atomic E-state index is 0.0756. The molecule has 2 unspecified atom stereocenters. The number of hydrogen-bond donors (Lipinski definition) is 1. The SMILES string of the molecule is Cc1nnc(CC(O)c2cc(OC(F)C(F)F)ccc2F)o1. The Bertz CT molecular complexity index is 635. The van der Waals surface area contributed by atoms with Gasteiger partial charge in [0.15, 0.2) is 0 Å². The van der Waals surface area contributed by atoms with E-state index in [1.165, 1.54) is 0 Å². The van der Waals surface area contributed by atoms with Gasteiger partial charge < -0.3 is 14.3 Å². The molecule has 120 valence electrons. The molecule has 9 heteroatoms. The van der Waals surface area contributed by atoms with Crippen LogP contribution in [0.5, 0.6) is 5.75 Å². The first kappa shape index (κ1) is 16.2. The summed E-state index contributed by atoms with van der Waals surface area (Å²) in [5.74, 6) is -0.780. The number of benzene rings is 1. The van der Waals surface area contributed by atoms with Gasteiger partial charge >= 0.3 is 6.43 Å². The van der Waals surface area contributed by atoms with Gasteiger partial charge in [-0.15, -0.1) is 10.2 Å². The van der Waals surface area contributed by atoms with Crippen molar-refractivity contribution in [3.05, 3.63) is 41.4 Å². The first-order valence-corrected chi connectivity index (χ1v) is 6.22. The molecule has 0 aliphatic carbocycles. The molecule has 22 heavy (non-hydrogen) atoms. The third kappa shape index (κ3) is 3.94. The van der Waals surface area contributed by atoms with E-state index in [1.54, 1.807) is 6.92 Å². The van der Waals surface area contributed by atoms with Gasteiger partial charge in [0.05, 0.1) is 12.5 Å². The summed E-state index contributed by atoms with van der Waals surface area (Å²) in [6.45, 7) is 1.55. The number of halogens is 4. The molecule has 2 atom stereocenters. The van der Waals surface area contributed by atoms with Crippen molar-refractivity contribution < 1.29 is 31.8 Å². The lowest BCUT2D eigenvalue weighted by molar-refractivity contribution is -0.0670. The Balaban J connectivity index is 2.15. The molecule has 0 saturated carbocycles. The molecule has 0 aliphatic heterocycles. The number of ether oxygens (including phenoxy) is 1. The average Bonchev–Trinajstić information content (AvgIpc) is 2.85. The molecule has 1 N–H and O–H groups in total. The van der Waals surface area contributed by atoms with E-state index in [-0.39, 0.29) is 29.5 Å². The van der Waals surface area contributed by atoms with Gasteiger partial charge in [0.25, 0.3) is 6.36 Å². The van der Waals surface area contributed by atoms with Gasteiger partial charge in [-0.2, -0.15) is 4.39 Å². The van der Waals surface area contributed by atoms with Gasteiger partial charge in [0.1, 0.15) is 11.6 Å². The number of hydrogen-bond acceptors (Lipinski definition) is 5. The molecule has 5 nitrogen and oxygen atoms in total. The predicted molar refractivity (Wildman–Crippen MR) is 65.6 cm³/mol. The topological polar surface area (TPSA) is 68.4 Å². The highest BCUT2D eigenvalue weighted by Crippen LogP contribution is 2.26. The smallest absolute Gasteiger partial charge is 0.304 e. The Labute approximate surface area is 122 Å². The van der Waals surface area contributed by atoms with E-state index in [0.29, 0.717) is 0 Å². The molecule has 0 bridgehead atoms. The average molecular weight is 320 g/mol. The number of aliphatic hydroxyl groups excluding tert-OH is 1. The number of alkyl halides is 3. The quantitative estimate of drug-likeness (QED) is 0.829. The summed E-state index contributed by atoms with van der Waals surface area (Å²) in [5.41, 5.74) is -0.255. The van der Waals surface area contributed by atoms with E-state index in [2.05, 4.69) is 14.9 Å². The third-order valence-electron chi connectivity index (χ3n) is 2.71. The zero-order chi connectivity index (χ0) is 16.3. The van der Waals surface area contributed by atoms with Crippen LogP contribution in [0.3, 0.4) is 0 Å². The Hall–Kier alpha value is -2.16. The molecule has 1 aromatic carbocycles. The fraction of sp³-hybridized carbons (Fsp3) is 0.385. The second-order valence-corrected chi connectivity index (χ2v) is 4.42. The molecular formula is C13H12F4N2O3. The maximum absolute atomic E-state index is 13.7. The fourth-order valence-electron chi connectivity index (χ4n) is 1.73. The van der Waals surface area contributed by atoms with Crippen molar-refractivity contribution in [1.29, 1.82) is 0 Å². The van der Waals surface area contributed by atoms with E-state index in [9.17, 15) is 22.7 Å². The number of aryl methyl sites for hydroxylation is 1. The maximum Gasteiger partial charge on any atom is 0.304 e. The summed E-state index contributed by atoms with van der Waals surface area (Å²) >= 11 is 0. The molecule has 0 saturated heterocycles. The van der Waals surface area contributed by atoms with Gasteiger partial charge in [-0.3, -0.25) is 0 Å². The lowest BCUT2D eigenvalue weighted by atomic mass is 10.1. The number of nitrogens with zero attached hydrogens (tertiary/aromatic N) is 2. The van der Waals surface area contributed by atoms with Gasteiger partial charge in [0, 0.05) is 12.5 Å². The lowest BCUT2D eigenvalue weighted by Gasteiger charge is -2.14. The van der Waals surface area contributed by atoms with Crippen molar-refractivity contribution in [3.8, 4) is 5.75 Å². The first-order chi connectivity index (χ1) is 10.4. The molecule has 1 heterocycles. The van der Waals surface area contributed by atoms with Crippen LogP contribution in [0.1, 0.15) is 23.4 Å². The fourth-order valence-corrected chi connectivity index (χ4v) is 1.73. The zero-order valence-corrected chi connectivity index (χ0v) is 11.3. The number of aromatic nitrogens is 2. The lowest BCUT2D eigenvalue weighted by Crippen LogP contribution is -2.19. The van der Waals surface area contributed by atoms with Crippen LogP contribution in [0, 0.1) is 12.7 Å². The Morgan fingerprint density at radius 1 is 1.27 bits per heavy atom. The van der Waals surface area contributed by atoms with Crippen molar-refractivity contribution >= 4 is 0 Å².